The van der Waals surface area contributed by atoms with Crippen LogP contribution in [0.4, 0.5) is 0 Å². The van der Waals surface area contributed by atoms with E-state index in [4.69, 9.17) is 23.2 Å². The summed E-state index contributed by atoms with van der Waals surface area (Å²) in [6.45, 7) is 5.51. The molecule has 1 saturated heterocycles. The van der Waals surface area contributed by atoms with Gasteiger partial charge in [-0.1, -0.05) is 52.7 Å². The van der Waals surface area contributed by atoms with E-state index >= 15 is 0 Å². The Morgan fingerprint density at radius 2 is 2.27 bits per heavy atom. The number of piperidine rings is 1. The van der Waals surface area contributed by atoms with Crippen LogP contribution in [0, 0.1) is 0 Å². The van der Waals surface area contributed by atoms with Gasteiger partial charge in [0, 0.05) is 29.6 Å². The summed E-state index contributed by atoms with van der Waals surface area (Å²) in [7, 11) is 0. The maximum absolute atomic E-state index is 6.26. The summed E-state index contributed by atoms with van der Waals surface area (Å²) in [6.07, 6.45) is 3.92. The Kier molecular flexibility index (Phi) is 3.71. The molecule has 0 radical (unpaired) electrons. The second-order valence-electron chi connectivity index (χ2n) is 4.18. The van der Waals surface area contributed by atoms with E-state index in [1.54, 1.807) is 0 Å². The Morgan fingerprint density at radius 3 is 2.93 bits per heavy atom. The predicted octanol–water partition coefficient (Wildman–Crippen LogP) is 3.91. The van der Waals surface area contributed by atoms with Gasteiger partial charge in [0.2, 0.25) is 0 Å². The first-order valence-electron chi connectivity index (χ1n) is 5.21. The molecule has 0 amide bonds. The number of likely N-dealkylation sites (tertiary alicyclic amines) is 1. The minimum atomic E-state index is 0.134. The average molecular weight is 358 g/mol. The van der Waals surface area contributed by atoms with E-state index in [1.165, 1.54) is 5.57 Å². The zero-order chi connectivity index (χ0) is 11.1. The second kappa shape index (κ2) is 4.55. The maximum Gasteiger partial charge on any atom is 0.0623 e. The number of nitrogens with zero attached hydrogens (tertiary/aromatic N) is 1. The quantitative estimate of drug-likeness (QED) is 0.508. The van der Waals surface area contributed by atoms with Gasteiger partial charge in [-0.15, -0.1) is 0 Å². The minimum absolute atomic E-state index is 0.134. The first kappa shape index (κ1) is 12.2. The van der Waals surface area contributed by atoms with Crippen LogP contribution in [0.3, 0.4) is 0 Å². The lowest BCUT2D eigenvalue weighted by Crippen LogP contribution is -2.46. The molecule has 0 N–H and O–H groups in total. The highest BCUT2D eigenvalue weighted by Gasteiger charge is 2.40. The SMILES string of the molecule is CCN1CCC2=C(Cl)C=C(Cl)C[C@@]2(I)C1. The summed E-state index contributed by atoms with van der Waals surface area (Å²) < 4.78 is 0.134. The van der Waals surface area contributed by atoms with E-state index < -0.39 is 0 Å². The molecule has 0 saturated carbocycles. The summed E-state index contributed by atoms with van der Waals surface area (Å²) in [5, 5.41) is 1.76. The van der Waals surface area contributed by atoms with Crippen LogP contribution in [0.15, 0.2) is 21.7 Å². The van der Waals surface area contributed by atoms with Crippen molar-refractivity contribution in [2.45, 2.75) is 23.2 Å². The highest BCUT2D eigenvalue weighted by molar-refractivity contribution is 14.1. The van der Waals surface area contributed by atoms with Gasteiger partial charge in [-0.3, -0.25) is 0 Å². The van der Waals surface area contributed by atoms with Crippen LogP contribution in [-0.4, -0.2) is 28.0 Å². The molecule has 0 spiro atoms. The molecular formula is C11H14Cl2IN. The molecule has 0 aromatic heterocycles. The summed E-state index contributed by atoms with van der Waals surface area (Å²) in [5.74, 6) is 0. The Bertz CT molecular complexity index is 337. The lowest BCUT2D eigenvalue weighted by Gasteiger charge is -2.42. The predicted molar refractivity (Wildman–Crippen MR) is 74.9 cm³/mol. The number of hydrogen-bond donors (Lipinski definition) is 0. The Balaban J connectivity index is 2.30. The van der Waals surface area contributed by atoms with Crippen molar-refractivity contribution < 1.29 is 0 Å². The van der Waals surface area contributed by atoms with Gasteiger partial charge >= 0.3 is 0 Å². The molecule has 0 aromatic rings. The van der Waals surface area contributed by atoms with E-state index in [1.807, 2.05) is 6.08 Å². The molecule has 0 unspecified atom stereocenters. The van der Waals surface area contributed by atoms with Crippen LogP contribution in [-0.2, 0) is 0 Å². The fourth-order valence-corrected chi connectivity index (χ4v) is 4.97. The topological polar surface area (TPSA) is 3.24 Å². The Hall–Kier alpha value is 0.750. The van der Waals surface area contributed by atoms with Gasteiger partial charge in [0.05, 0.1) is 3.42 Å². The number of hydrogen-bond acceptors (Lipinski definition) is 1. The average Bonchev–Trinajstić information content (AvgIpc) is 2.14. The van der Waals surface area contributed by atoms with Gasteiger partial charge < -0.3 is 4.90 Å². The Morgan fingerprint density at radius 1 is 1.53 bits per heavy atom. The number of rotatable bonds is 1. The van der Waals surface area contributed by atoms with Crippen LogP contribution in [0.5, 0.6) is 0 Å². The molecule has 1 heterocycles. The van der Waals surface area contributed by atoms with E-state index in [2.05, 4.69) is 34.4 Å². The third-order valence-electron chi connectivity index (χ3n) is 3.16. The first-order chi connectivity index (χ1) is 7.05. The Labute approximate surface area is 115 Å². The van der Waals surface area contributed by atoms with Gasteiger partial charge in [-0.25, -0.2) is 0 Å². The van der Waals surface area contributed by atoms with E-state index in [-0.39, 0.29) is 3.42 Å². The van der Waals surface area contributed by atoms with Gasteiger partial charge in [-0.05, 0) is 24.6 Å². The van der Waals surface area contributed by atoms with Crippen molar-refractivity contribution in [3.05, 3.63) is 21.7 Å². The van der Waals surface area contributed by atoms with E-state index in [9.17, 15) is 0 Å². The third kappa shape index (κ3) is 2.38. The molecule has 1 aliphatic carbocycles. The van der Waals surface area contributed by atoms with E-state index in [0.717, 1.165) is 42.5 Å². The molecule has 1 nitrogen and oxygen atoms in total. The molecule has 2 aliphatic rings. The highest BCUT2D eigenvalue weighted by Crippen LogP contribution is 2.46. The molecule has 0 aromatic carbocycles. The van der Waals surface area contributed by atoms with Crippen LogP contribution in [0.1, 0.15) is 19.8 Å². The largest absolute Gasteiger partial charge is 0.302 e. The van der Waals surface area contributed by atoms with Crippen molar-refractivity contribution in [2.24, 2.45) is 0 Å². The van der Waals surface area contributed by atoms with Gasteiger partial charge in [0.15, 0.2) is 0 Å². The van der Waals surface area contributed by atoms with Crippen LogP contribution < -0.4 is 0 Å². The number of allylic oxidation sites excluding steroid dienone is 3. The fourth-order valence-electron chi connectivity index (χ4n) is 2.33. The minimum Gasteiger partial charge on any atom is -0.302 e. The summed E-state index contributed by atoms with van der Waals surface area (Å²) in [6, 6.07) is 0. The molecule has 84 valence electrons. The lowest BCUT2D eigenvalue weighted by atomic mass is 9.85. The first-order valence-corrected chi connectivity index (χ1v) is 7.05. The monoisotopic (exact) mass is 357 g/mol. The molecule has 4 heteroatoms. The van der Waals surface area contributed by atoms with E-state index in [0.29, 0.717) is 0 Å². The molecule has 1 aliphatic heterocycles. The zero-order valence-electron chi connectivity index (χ0n) is 8.69. The molecule has 2 rings (SSSR count). The summed E-state index contributed by atoms with van der Waals surface area (Å²) in [5.41, 5.74) is 1.39. The number of fused-ring (bicyclic) bond motifs is 1. The van der Waals surface area contributed by atoms with Gasteiger partial charge in [-0.2, -0.15) is 0 Å². The number of alkyl halides is 1. The number of halogens is 3. The van der Waals surface area contributed by atoms with Crippen molar-refractivity contribution in [1.82, 2.24) is 4.90 Å². The fraction of sp³-hybridized carbons (Fsp3) is 0.636. The van der Waals surface area contributed by atoms with Crippen LogP contribution >= 0.6 is 45.8 Å². The van der Waals surface area contributed by atoms with Crippen molar-refractivity contribution in [3.8, 4) is 0 Å². The van der Waals surface area contributed by atoms with Gasteiger partial charge in [0.1, 0.15) is 0 Å². The third-order valence-corrected chi connectivity index (χ3v) is 5.11. The molecule has 0 bridgehead atoms. The summed E-state index contributed by atoms with van der Waals surface area (Å²) in [4.78, 5) is 2.47. The molecular weight excluding hydrogens is 344 g/mol. The molecule has 1 atom stereocenters. The van der Waals surface area contributed by atoms with Crippen LogP contribution in [0.2, 0.25) is 0 Å². The van der Waals surface area contributed by atoms with Crippen molar-refractivity contribution in [1.29, 1.82) is 0 Å². The normalized spacial score (nSPS) is 32.7. The lowest BCUT2D eigenvalue weighted by molar-refractivity contribution is 0.244. The standard InChI is InChI=1S/C11H14Cl2IN/c1-2-15-4-3-9-10(13)5-8(12)6-11(9,14)7-15/h5H,2-4,6-7H2,1H3/t11-/m1/s1. The maximum atomic E-state index is 6.26. The zero-order valence-corrected chi connectivity index (χ0v) is 12.4. The molecule has 1 fully saturated rings. The van der Waals surface area contributed by atoms with Crippen molar-refractivity contribution in [2.75, 3.05) is 19.6 Å². The molecule has 15 heavy (non-hydrogen) atoms. The van der Waals surface area contributed by atoms with Crippen molar-refractivity contribution in [3.63, 3.8) is 0 Å². The summed E-state index contributed by atoms with van der Waals surface area (Å²) >= 11 is 14.9. The van der Waals surface area contributed by atoms with Crippen LogP contribution in [0.25, 0.3) is 0 Å². The second-order valence-corrected chi connectivity index (χ2v) is 7.14. The van der Waals surface area contributed by atoms with Crippen molar-refractivity contribution >= 4 is 45.8 Å². The van der Waals surface area contributed by atoms with Gasteiger partial charge in [0.25, 0.3) is 0 Å². The smallest absolute Gasteiger partial charge is 0.0623 e. The highest BCUT2D eigenvalue weighted by atomic mass is 127.